The van der Waals surface area contributed by atoms with Crippen LogP contribution in [0.1, 0.15) is 5.82 Å². The minimum Gasteiger partial charge on any atom is -0.325 e. The molecule has 1 aromatic heterocycles. The van der Waals surface area contributed by atoms with E-state index in [0.717, 1.165) is 5.82 Å². The lowest BCUT2D eigenvalue weighted by Crippen LogP contribution is -2.28. The van der Waals surface area contributed by atoms with E-state index in [1.165, 1.54) is 6.20 Å². The summed E-state index contributed by atoms with van der Waals surface area (Å²) in [5, 5.41) is 3.11. The molecule has 1 aromatic carbocycles. The number of nitrogens with one attached hydrogen (secondary N) is 1. The quantitative estimate of drug-likeness (QED) is 0.843. The summed E-state index contributed by atoms with van der Waals surface area (Å²) in [6, 6.07) is 1.36. The molecule has 0 saturated carbocycles. The third-order valence-electron chi connectivity index (χ3n) is 3.00. The normalized spacial score (nSPS) is 14.6. The van der Waals surface area contributed by atoms with E-state index >= 15 is 0 Å². The molecule has 0 saturated heterocycles. The van der Waals surface area contributed by atoms with Gasteiger partial charge in [-0.25, -0.2) is 18.2 Å². The van der Waals surface area contributed by atoms with E-state index in [2.05, 4.69) is 10.3 Å². The van der Waals surface area contributed by atoms with Crippen molar-refractivity contribution in [2.24, 2.45) is 0 Å². The highest BCUT2D eigenvalue weighted by Crippen LogP contribution is 2.28. The Labute approximate surface area is 101 Å². The Bertz CT molecular complexity index is 584. The van der Waals surface area contributed by atoms with E-state index in [4.69, 9.17) is 0 Å². The third-order valence-corrected chi connectivity index (χ3v) is 3.00. The van der Waals surface area contributed by atoms with Crippen LogP contribution in [-0.4, -0.2) is 16.1 Å². The Balaban J connectivity index is 2.18. The maximum Gasteiger partial charge on any atom is 0.138 e. The number of imidazole rings is 1. The van der Waals surface area contributed by atoms with Gasteiger partial charge in [-0.15, -0.1) is 0 Å². The fourth-order valence-electron chi connectivity index (χ4n) is 2.18. The zero-order valence-electron chi connectivity index (χ0n) is 9.38. The van der Waals surface area contributed by atoms with Crippen LogP contribution >= 0.6 is 0 Å². The number of hydrogen-bond acceptors (Lipinski definition) is 2. The molecular formula is C12H10F3N3. The number of fused-ring (bicyclic) bond motifs is 1. The predicted molar refractivity (Wildman–Crippen MR) is 59.2 cm³/mol. The van der Waals surface area contributed by atoms with Crippen LogP contribution in [0, 0.1) is 17.5 Å². The molecule has 0 radical (unpaired) electrons. The van der Waals surface area contributed by atoms with E-state index in [9.17, 15) is 13.2 Å². The van der Waals surface area contributed by atoms with Crippen LogP contribution < -0.4 is 5.32 Å². The van der Waals surface area contributed by atoms with Gasteiger partial charge in [0.25, 0.3) is 0 Å². The first-order chi connectivity index (χ1) is 8.66. The minimum absolute atomic E-state index is 0.225. The molecule has 0 aliphatic carbocycles. The molecule has 1 aliphatic rings. The second kappa shape index (κ2) is 4.13. The van der Waals surface area contributed by atoms with Gasteiger partial charge in [-0.2, -0.15) is 0 Å². The first kappa shape index (κ1) is 11.3. The predicted octanol–water partition coefficient (Wildman–Crippen LogP) is 2.07. The maximum atomic E-state index is 13.7. The summed E-state index contributed by atoms with van der Waals surface area (Å²) < 4.78 is 42.0. The number of aromatic nitrogens is 2. The van der Waals surface area contributed by atoms with Gasteiger partial charge in [-0.3, -0.25) is 0 Å². The molecule has 2 aromatic rings. The van der Waals surface area contributed by atoms with Gasteiger partial charge in [0, 0.05) is 25.2 Å². The first-order valence-corrected chi connectivity index (χ1v) is 5.57. The van der Waals surface area contributed by atoms with Crippen molar-refractivity contribution >= 4 is 0 Å². The Morgan fingerprint density at radius 2 is 1.89 bits per heavy atom. The molecule has 94 valence electrons. The summed E-state index contributed by atoms with van der Waals surface area (Å²) in [6.07, 6.45) is 1.42. The summed E-state index contributed by atoms with van der Waals surface area (Å²) in [4.78, 5) is 4.11. The van der Waals surface area contributed by atoms with E-state index in [0.29, 0.717) is 37.5 Å². The largest absolute Gasteiger partial charge is 0.325 e. The van der Waals surface area contributed by atoms with Crippen LogP contribution in [0.4, 0.5) is 13.2 Å². The average Bonchev–Trinajstić information content (AvgIpc) is 2.72. The Kier molecular flexibility index (Phi) is 2.59. The van der Waals surface area contributed by atoms with Gasteiger partial charge >= 0.3 is 0 Å². The van der Waals surface area contributed by atoms with Gasteiger partial charge in [-0.1, -0.05) is 0 Å². The highest BCUT2D eigenvalue weighted by atomic mass is 19.1. The van der Waals surface area contributed by atoms with Crippen molar-refractivity contribution in [3.8, 4) is 11.3 Å². The molecule has 1 aliphatic heterocycles. The van der Waals surface area contributed by atoms with E-state index in [-0.39, 0.29) is 5.56 Å². The van der Waals surface area contributed by atoms with E-state index in [1.54, 1.807) is 4.57 Å². The molecule has 6 heteroatoms. The van der Waals surface area contributed by atoms with Crippen LogP contribution in [0.3, 0.4) is 0 Å². The molecule has 0 atom stereocenters. The summed E-state index contributed by atoms with van der Waals surface area (Å²) in [5.41, 5.74) is 0.124. The maximum absolute atomic E-state index is 13.7. The number of rotatable bonds is 1. The standard InChI is InChI=1S/C12H10F3N3/c13-7-3-8(14)12(9(15)4-7)10-5-17-11-6-16-1-2-18(10)11/h3-5,16H,1-2,6H2. The van der Waals surface area contributed by atoms with Crippen LogP contribution in [0.2, 0.25) is 0 Å². The SMILES string of the molecule is Fc1cc(F)c(-c2cnc3n2CCNC3)c(F)c1. The van der Waals surface area contributed by atoms with E-state index in [1.807, 2.05) is 0 Å². The van der Waals surface area contributed by atoms with Gasteiger partial charge in [0.2, 0.25) is 0 Å². The van der Waals surface area contributed by atoms with Gasteiger partial charge in [-0.05, 0) is 0 Å². The first-order valence-electron chi connectivity index (χ1n) is 5.57. The summed E-state index contributed by atoms with van der Waals surface area (Å²) in [7, 11) is 0. The van der Waals surface area contributed by atoms with Crippen molar-refractivity contribution in [1.29, 1.82) is 0 Å². The zero-order chi connectivity index (χ0) is 12.7. The van der Waals surface area contributed by atoms with Crippen LogP contribution in [0.15, 0.2) is 18.3 Å². The fraction of sp³-hybridized carbons (Fsp3) is 0.250. The Hall–Kier alpha value is -1.82. The number of benzene rings is 1. The molecule has 3 rings (SSSR count). The molecule has 0 bridgehead atoms. The van der Waals surface area contributed by atoms with Crippen molar-refractivity contribution in [2.75, 3.05) is 6.54 Å². The van der Waals surface area contributed by atoms with Crippen molar-refractivity contribution in [3.05, 3.63) is 41.6 Å². The van der Waals surface area contributed by atoms with Crippen LogP contribution in [-0.2, 0) is 13.1 Å². The van der Waals surface area contributed by atoms with Gasteiger partial charge in [0.05, 0.1) is 24.0 Å². The van der Waals surface area contributed by atoms with Crippen LogP contribution in [0.25, 0.3) is 11.3 Å². The second-order valence-electron chi connectivity index (χ2n) is 4.13. The molecular weight excluding hydrogens is 243 g/mol. The average molecular weight is 253 g/mol. The lowest BCUT2D eigenvalue weighted by atomic mass is 10.1. The summed E-state index contributed by atoms with van der Waals surface area (Å²) in [5.74, 6) is -2.02. The van der Waals surface area contributed by atoms with Crippen molar-refractivity contribution in [1.82, 2.24) is 14.9 Å². The third kappa shape index (κ3) is 1.69. The lowest BCUT2D eigenvalue weighted by molar-refractivity contribution is 0.503. The van der Waals surface area contributed by atoms with Gasteiger partial charge in [0.1, 0.15) is 23.3 Å². The monoisotopic (exact) mass is 253 g/mol. The molecule has 0 unspecified atom stereocenters. The molecule has 0 spiro atoms. The highest BCUT2D eigenvalue weighted by Gasteiger charge is 2.21. The molecule has 0 amide bonds. The van der Waals surface area contributed by atoms with Crippen molar-refractivity contribution in [3.63, 3.8) is 0 Å². The topological polar surface area (TPSA) is 29.9 Å². The van der Waals surface area contributed by atoms with Gasteiger partial charge in [0.15, 0.2) is 0 Å². The van der Waals surface area contributed by atoms with Crippen molar-refractivity contribution in [2.45, 2.75) is 13.1 Å². The smallest absolute Gasteiger partial charge is 0.138 e. The zero-order valence-corrected chi connectivity index (χ0v) is 9.38. The number of halogens is 3. The Morgan fingerprint density at radius 3 is 2.61 bits per heavy atom. The van der Waals surface area contributed by atoms with Gasteiger partial charge < -0.3 is 9.88 Å². The highest BCUT2D eigenvalue weighted by molar-refractivity contribution is 5.61. The summed E-state index contributed by atoms with van der Waals surface area (Å²) in [6.45, 7) is 1.85. The molecule has 3 nitrogen and oxygen atoms in total. The minimum atomic E-state index is -0.922. The van der Waals surface area contributed by atoms with E-state index < -0.39 is 17.5 Å². The Morgan fingerprint density at radius 1 is 1.17 bits per heavy atom. The molecule has 2 heterocycles. The molecule has 18 heavy (non-hydrogen) atoms. The number of hydrogen-bond donors (Lipinski definition) is 1. The fourth-order valence-corrected chi connectivity index (χ4v) is 2.18. The molecule has 0 fully saturated rings. The molecule has 1 N–H and O–H groups in total. The second-order valence-corrected chi connectivity index (χ2v) is 4.13. The summed E-state index contributed by atoms with van der Waals surface area (Å²) >= 11 is 0. The lowest BCUT2D eigenvalue weighted by Gasteiger charge is -2.18. The van der Waals surface area contributed by atoms with Crippen LogP contribution in [0.5, 0.6) is 0 Å². The number of nitrogens with zero attached hydrogens (tertiary/aromatic N) is 2. The van der Waals surface area contributed by atoms with Crippen molar-refractivity contribution < 1.29 is 13.2 Å².